The number of aromatic nitrogens is 2. The highest BCUT2D eigenvalue weighted by atomic mass is 35.5. The Morgan fingerprint density at radius 1 is 1.04 bits per heavy atom. The standard InChI is InChI=1S/C24H31ClN2O/c1-2-4-18-10-12-21(13-11-18)24-26-16-22(17-27-24)23(28)15-20-8-6-19(7-9-20)5-3-14-25/h10-13,16-17,19-20H,2-9,14-15H2,1H3/t19-,20-. The van der Waals surface area contributed by atoms with Gasteiger partial charge in [-0.15, -0.1) is 11.6 Å². The number of rotatable bonds is 9. The SMILES string of the molecule is CCCc1ccc(-c2ncc(C(=O)C[C@H]3CC[C@H](CCCCl)CC3)cn2)cc1. The second kappa shape index (κ2) is 10.7. The fourth-order valence-corrected chi connectivity index (χ4v) is 4.35. The summed E-state index contributed by atoms with van der Waals surface area (Å²) in [5.74, 6) is 2.92. The Bertz CT molecular complexity index is 734. The van der Waals surface area contributed by atoms with Gasteiger partial charge in [-0.2, -0.15) is 0 Å². The van der Waals surface area contributed by atoms with Gasteiger partial charge < -0.3 is 0 Å². The molecular weight excluding hydrogens is 368 g/mol. The lowest BCUT2D eigenvalue weighted by Gasteiger charge is -2.28. The highest BCUT2D eigenvalue weighted by Crippen LogP contribution is 2.34. The van der Waals surface area contributed by atoms with Crippen molar-refractivity contribution >= 4 is 17.4 Å². The van der Waals surface area contributed by atoms with Crippen LogP contribution in [-0.2, 0) is 6.42 Å². The van der Waals surface area contributed by atoms with Crippen LogP contribution in [0.3, 0.4) is 0 Å². The average Bonchev–Trinajstić information content (AvgIpc) is 2.74. The zero-order valence-electron chi connectivity index (χ0n) is 16.9. The molecule has 28 heavy (non-hydrogen) atoms. The first-order valence-electron chi connectivity index (χ1n) is 10.7. The lowest BCUT2D eigenvalue weighted by atomic mass is 9.78. The summed E-state index contributed by atoms with van der Waals surface area (Å²) >= 11 is 5.80. The van der Waals surface area contributed by atoms with Gasteiger partial charge in [0.25, 0.3) is 0 Å². The van der Waals surface area contributed by atoms with Crippen molar-refractivity contribution in [3.8, 4) is 11.4 Å². The van der Waals surface area contributed by atoms with Crippen LogP contribution in [0.4, 0.5) is 0 Å². The Morgan fingerprint density at radius 2 is 1.68 bits per heavy atom. The van der Waals surface area contributed by atoms with Crippen molar-refractivity contribution < 1.29 is 4.79 Å². The lowest BCUT2D eigenvalue weighted by Crippen LogP contribution is -2.18. The molecule has 0 radical (unpaired) electrons. The minimum Gasteiger partial charge on any atom is -0.294 e. The van der Waals surface area contributed by atoms with Gasteiger partial charge in [0.15, 0.2) is 11.6 Å². The Labute approximate surface area is 173 Å². The molecule has 150 valence electrons. The summed E-state index contributed by atoms with van der Waals surface area (Å²) in [5, 5.41) is 0. The summed E-state index contributed by atoms with van der Waals surface area (Å²) in [5.41, 5.74) is 2.96. The largest absolute Gasteiger partial charge is 0.294 e. The van der Waals surface area contributed by atoms with Gasteiger partial charge in [0.05, 0.1) is 5.56 Å². The lowest BCUT2D eigenvalue weighted by molar-refractivity contribution is 0.0941. The molecule has 1 aromatic carbocycles. The maximum Gasteiger partial charge on any atom is 0.166 e. The van der Waals surface area contributed by atoms with Crippen LogP contribution < -0.4 is 0 Å². The summed E-state index contributed by atoms with van der Waals surface area (Å²) in [6.07, 6.45) is 13.4. The Balaban J connectivity index is 1.52. The van der Waals surface area contributed by atoms with Gasteiger partial charge in [-0.3, -0.25) is 4.79 Å². The van der Waals surface area contributed by atoms with E-state index in [0.29, 0.717) is 23.7 Å². The van der Waals surface area contributed by atoms with E-state index in [0.717, 1.165) is 49.5 Å². The number of aryl methyl sites for hydroxylation is 1. The van der Waals surface area contributed by atoms with Crippen molar-refractivity contribution in [2.24, 2.45) is 11.8 Å². The van der Waals surface area contributed by atoms with Gasteiger partial charge in [0.2, 0.25) is 0 Å². The molecule has 0 spiro atoms. The van der Waals surface area contributed by atoms with E-state index in [4.69, 9.17) is 11.6 Å². The number of alkyl halides is 1. The van der Waals surface area contributed by atoms with Crippen molar-refractivity contribution in [3.63, 3.8) is 0 Å². The predicted octanol–water partition coefficient (Wildman–Crippen LogP) is 6.49. The smallest absolute Gasteiger partial charge is 0.166 e. The molecule has 0 amide bonds. The highest BCUT2D eigenvalue weighted by Gasteiger charge is 2.23. The van der Waals surface area contributed by atoms with Crippen LogP contribution >= 0.6 is 11.6 Å². The van der Waals surface area contributed by atoms with Crippen LogP contribution in [-0.4, -0.2) is 21.6 Å². The monoisotopic (exact) mass is 398 g/mol. The number of benzene rings is 1. The van der Waals surface area contributed by atoms with E-state index in [1.807, 2.05) is 0 Å². The average molecular weight is 399 g/mol. The molecule has 1 aliphatic carbocycles. The number of halogens is 1. The van der Waals surface area contributed by atoms with Gasteiger partial charge in [-0.1, -0.05) is 50.5 Å². The molecule has 0 bridgehead atoms. The minimum atomic E-state index is 0.175. The molecule has 1 fully saturated rings. The fraction of sp³-hybridized carbons (Fsp3) is 0.542. The topological polar surface area (TPSA) is 42.9 Å². The summed E-state index contributed by atoms with van der Waals surface area (Å²) in [6, 6.07) is 8.38. The van der Waals surface area contributed by atoms with Gasteiger partial charge in [0, 0.05) is 30.3 Å². The third kappa shape index (κ3) is 5.88. The number of hydrogen-bond acceptors (Lipinski definition) is 3. The van der Waals surface area contributed by atoms with Crippen LogP contribution in [0.5, 0.6) is 0 Å². The summed E-state index contributed by atoms with van der Waals surface area (Å²) in [7, 11) is 0. The van der Waals surface area contributed by atoms with Gasteiger partial charge in [0.1, 0.15) is 0 Å². The number of carbonyl (C=O) groups is 1. The quantitative estimate of drug-likeness (QED) is 0.358. The first kappa shape index (κ1) is 21.0. The van der Waals surface area contributed by atoms with E-state index in [2.05, 4.69) is 41.2 Å². The highest BCUT2D eigenvalue weighted by molar-refractivity contribution is 6.17. The van der Waals surface area contributed by atoms with Crippen LogP contribution in [0.1, 0.15) is 74.2 Å². The maximum atomic E-state index is 12.6. The van der Waals surface area contributed by atoms with Gasteiger partial charge in [-0.25, -0.2) is 9.97 Å². The number of ketones is 1. The summed E-state index contributed by atoms with van der Waals surface area (Å²) in [6.45, 7) is 2.18. The second-order valence-corrected chi connectivity index (χ2v) is 8.47. The van der Waals surface area contributed by atoms with Crippen molar-refractivity contribution in [2.45, 2.75) is 64.7 Å². The van der Waals surface area contributed by atoms with E-state index >= 15 is 0 Å². The molecule has 0 saturated heterocycles. The van der Waals surface area contributed by atoms with E-state index in [1.54, 1.807) is 12.4 Å². The molecule has 2 aromatic rings. The third-order valence-electron chi connectivity index (χ3n) is 5.91. The second-order valence-electron chi connectivity index (χ2n) is 8.09. The molecule has 3 rings (SSSR count). The van der Waals surface area contributed by atoms with Crippen LogP contribution in [0.15, 0.2) is 36.7 Å². The number of nitrogens with zero attached hydrogens (tertiary/aromatic N) is 2. The van der Waals surface area contributed by atoms with Crippen LogP contribution in [0, 0.1) is 11.8 Å². The van der Waals surface area contributed by atoms with E-state index in [9.17, 15) is 4.79 Å². The number of carbonyl (C=O) groups excluding carboxylic acids is 1. The van der Waals surface area contributed by atoms with Crippen molar-refractivity contribution in [1.29, 1.82) is 0 Å². The van der Waals surface area contributed by atoms with Crippen molar-refractivity contribution in [1.82, 2.24) is 9.97 Å². The Kier molecular flexibility index (Phi) is 8.02. The Hall–Kier alpha value is -1.74. The van der Waals surface area contributed by atoms with E-state index < -0.39 is 0 Å². The first-order valence-corrected chi connectivity index (χ1v) is 11.2. The summed E-state index contributed by atoms with van der Waals surface area (Å²) in [4.78, 5) is 21.5. The van der Waals surface area contributed by atoms with Crippen molar-refractivity contribution in [3.05, 3.63) is 47.8 Å². The molecule has 1 saturated carbocycles. The molecule has 4 heteroatoms. The molecule has 1 heterocycles. The first-order chi connectivity index (χ1) is 13.7. The number of Topliss-reactive ketones (excluding diaryl/α,β-unsaturated/α-hetero) is 1. The molecule has 0 N–H and O–H groups in total. The molecule has 1 aromatic heterocycles. The van der Waals surface area contributed by atoms with E-state index in [-0.39, 0.29) is 5.78 Å². The molecule has 0 aliphatic heterocycles. The van der Waals surface area contributed by atoms with Crippen LogP contribution in [0.2, 0.25) is 0 Å². The van der Waals surface area contributed by atoms with E-state index in [1.165, 1.54) is 24.8 Å². The maximum absolute atomic E-state index is 12.6. The normalized spacial score (nSPS) is 19.5. The molecule has 0 atom stereocenters. The molecular formula is C24H31ClN2O. The van der Waals surface area contributed by atoms with Gasteiger partial charge >= 0.3 is 0 Å². The van der Waals surface area contributed by atoms with Crippen molar-refractivity contribution in [2.75, 3.05) is 5.88 Å². The zero-order valence-corrected chi connectivity index (χ0v) is 17.6. The predicted molar refractivity (Wildman–Crippen MR) is 116 cm³/mol. The summed E-state index contributed by atoms with van der Waals surface area (Å²) < 4.78 is 0. The third-order valence-corrected chi connectivity index (χ3v) is 6.18. The van der Waals surface area contributed by atoms with Gasteiger partial charge in [-0.05, 0) is 49.5 Å². The minimum absolute atomic E-state index is 0.175. The zero-order chi connectivity index (χ0) is 19.8. The number of hydrogen-bond donors (Lipinski definition) is 0. The molecule has 1 aliphatic rings. The van der Waals surface area contributed by atoms with Crippen LogP contribution in [0.25, 0.3) is 11.4 Å². The fourth-order valence-electron chi connectivity index (χ4n) is 4.20. The molecule has 3 nitrogen and oxygen atoms in total. The Morgan fingerprint density at radius 3 is 2.29 bits per heavy atom. The molecule has 0 unspecified atom stereocenters.